The van der Waals surface area contributed by atoms with Crippen LogP contribution in [-0.4, -0.2) is 37.2 Å². The van der Waals surface area contributed by atoms with Crippen LogP contribution >= 0.6 is 0 Å². The Morgan fingerprint density at radius 2 is 1.94 bits per heavy atom. The van der Waals surface area contributed by atoms with Crippen molar-refractivity contribution in [1.82, 2.24) is 4.90 Å². The molecule has 1 aliphatic rings. The second kappa shape index (κ2) is 4.74. The molecule has 0 radical (unpaired) electrons. The van der Waals surface area contributed by atoms with E-state index in [9.17, 15) is 5.11 Å². The minimum Gasteiger partial charge on any atom is -0.508 e. The number of aromatic hydroxyl groups is 1. The number of likely N-dealkylation sites (tertiary alicyclic amines) is 1. The van der Waals surface area contributed by atoms with Crippen LogP contribution in [0.1, 0.15) is 18.4 Å². The summed E-state index contributed by atoms with van der Waals surface area (Å²) in [4.78, 5) is 4.39. The lowest BCUT2D eigenvalue weighted by Crippen LogP contribution is -2.18. The smallest absolute Gasteiger partial charge is 0.122 e. The van der Waals surface area contributed by atoms with Gasteiger partial charge in [-0.25, -0.2) is 0 Å². The Morgan fingerprint density at radius 1 is 1.25 bits per heavy atom. The molecule has 0 unspecified atom stereocenters. The number of hydrogen-bond acceptors (Lipinski definition) is 3. The molecule has 1 heterocycles. The van der Waals surface area contributed by atoms with Crippen molar-refractivity contribution in [2.75, 3.05) is 32.1 Å². The highest BCUT2D eigenvalue weighted by molar-refractivity contribution is 5.52. The zero-order valence-electron chi connectivity index (χ0n) is 10.1. The highest BCUT2D eigenvalue weighted by atomic mass is 16.3. The molecule has 0 atom stereocenters. The topological polar surface area (TPSA) is 26.7 Å². The van der Waals surface area contributed by atoms with Crippen molar-refractivity contribution in [3.8, 4) is 5.75 Å². The van der Waals surface area contributed by atoms with Gasteiger partial charge in [-0.3, -0.25) is 4.90 Å². The molecule has 0 aromatic heterocycles. The fourth-order valence-electron chi connectivity index (χ4n) is 2.15. The average molecular weight is 220 g/mol. The lowest BCUT2D eigenvalue weighted by atomic mass is 10.1. The molecule has 0 aliphatic carbocycles. The van der Waals surface area contributed by atoms with Crippen LogP contribution in [0.3, 0.4) is 0 Å². The molecule has 88 valence electrons. The Bertz CT molecular complexity index is 357. The van der Waals surface area contributed by atoms with E-state index in [0.29, 0.717) is 5.75 Å². The summed E-state index contributed by atoms with van der Waals surface area (Å²) in [6, 6.07) is 5.93. The van der Waals surface area contributed by atoms with Gasteiger partial charge in [0.05, 0.1) is 0 Å². The zero-order chi connectivity index (χ0) is 11.5. The first-order valence-electron chi connectivity index (χ1n) is 5.88. The van der Waals surface area contributed by atoms with Crippen molar-refractivity contribution in [2.24, 2.45) is 0 Å². The van der Waals surface area contributed by atoms with Gasteiger partial charge in [-0.1, -0.05) is 6.07 Å². The molecule has 1 aromatic carbocycles. The van der Waals surface area contributed by atoms with Gasteiger partial charge in [0, 0.05) is 38.0 Å². The standard InChI is InChI=1S/C13H20N2O/c1-14(2)12-6-5-11(13(16)9-12)10-15-7-3-4-8-15/h5-6,9,16H,3-4,7-8,10H2,1-2H3. The molecule has 1 N–H and O–H groups in total. The summed E-state index contributed by atoms with van der Waals surface area (Å²) in [5, 5.41) is 9.95. The largest absolute Gasteiger partial charge is 0.508 e. The summed E-state index contributed by atoms with van der Waals surface area (Å²) >= 11 is 0. The third-order valence-corrected chi connectivity index (χ3v) is 3.18. The highest BCUT2D eigenvalue weighted by Crippen LogP contribution is 2.25. The van der Waals surface area contributed by atoms with Gasteiger partial charge in [-0.2, -0.15) is 0 Å². The summed E-state index contributed by atoms with van der Waals surface area (Å²) in [6.45, 7) is 3.20. The maximum Gasteiger partial charge on any atom is 0.122 e. The van der Waals surface area contributed by atoms with Gasteiger partial charge in [0.25, 0.3) is 0 Å². The van der Waals surface area contributed by atoms with Gasteiger partial charge in [-0.05, 0) is 32.0 Å². The molecule has 1 aliphatic heterocycles. The van der Waals surface area contributed by atoms with Crippen molar-refractivity contribution in [3.63, 3.8) is 0 Å². The van der Waals surface area contributed by atoms with Gasteiger partial charge in [0.1, 0.15) is 5.75 Å². The van der Waals surface area contributed by atoms with Crippen molar-refractivity contribution in [3.05, 3.63) is 23.8 Å². The first kappa shape index (κ1) is 11.3. The fourth-order valence-corrected chi connectivity index (χ4v) is 2.15. The van der Waals surface area contributed by atoms with E-state index < -0.39 is 0 Å². The van der Waals surface area contributed by atoms with Crippen LogP contribution < -0.4 is 4.90 Å². The maximum atomic E-state index is 9.95. The van der Waals surface area contributed by atoms with Crippen LogP contribution in [-0.2, 0) is 6.54 Å². The van der Waals surface area contributed by atoms with E-state index in [4.69, 9.17) is 0 Å². The number of nitrogens with zero attached hydrogens (tertiary/aromatic N) is 2. The minimum atomic E-state index is 0.415. The van der Waals surface area contributed by atoms with Crippen LogP contribution in [0, 0.1) is 0 Å². The normalized spacial score (nSPS) is 16.6. The number of phenolic OH excluding ortho intramolecular Hbond substituents is 1. The van der Waals surface area contributed by atoms with Crippen molar-refractivity contribution in [1.29, 1.82) is 0 Å². The van der Waals surface area contributed by atoms with Gasteiger partial charge >= 0.3 is 0 Å². The van der Waals surface area contributed by atoms with E-state index in [-0.39, 0.29) is 0 Å². The van der Waals surface area contributed by atoms with Crippen LogP contribution in [0.2, 0.25) is 0 Å². The van der Waals surface area contributed by atoms with Crippen LogP contribution in [0.4, 0.5) is 5.69 Å². The van der Waals surface area contributed by atoms with Gasteiger partial charge in [0.15, 0.2) is 0 Å². The summed E-state index contributed by atoms with van der Waals surface area (Å²) < 4.78 is 0. The zero-order valence-corrected chi connectivity index (χ0v) is 10.1. The van der Waals surface area contributed by atoms with E-state index in [1.165, 1.54) is 12.8 Å². The maximum absolute atomic E-state index is 9.95. The second-order valence-corrected chi connectivity index (χ2v) is 4.69. The van der Waals surface area contributed by atoms with Gasteiger partial charge in [0.2, 0.25) is 0 Å². The van der Waals surface area contributed by atoms with Crippen molar-refractivity contribution >= 4 is 5.69 Å². The van der Waals surface area contributed by atoms with Crippen molar-refractivity contribution < 1.29 is 5.11 Å². The molecular formula is C13H20N2O. The van der Waals surface area contributed by atoms with Crippen LogP contribution in [0.5, 0.6) is 5.75 Å². The van der Waals surface area contributed by atoms with E-state index in [2.05, 4.69) is 11.0 Å². The third kappa shape index (κ3) is 2.47. The predicted octanol–water partition coefficient (Wildman–Crippen LogP) is 2.05. The lowest BCUT2D eigenvalue weighted by molar-refractivity contribution is 0.324. The molecule has 1 saturated heterocycles. The molecule has 3 nitrogen and oxygen atoms in total. The molecule has 2 rings (SSSR count). The van der Waals surface area contributed by atoms with Crippen LogP contribution in [0.25, 0.3) is 0 Å². The molecule has 16 heavy (non-hydrogen) atoms. The summed E-state index contributed by atoms with van der Waals surface area (Å²) in [7, 11) is 3.96. The van der Waals surface area contributed by atoms with Crippen molar-refractivity contribution in [2.45, 2.75) is 19.4 Å². The Hall–Kier alpha value is -1.22. The van der Waals surface area contributed by atoms with E-state index in [1.54, 1.807) is 0 Å². The van der Waals surface area contributed by atoms with Gasteiger partial charge in [-0.15, -0.1) is 0 Å². The Kier molecular flexibility index (Phi) is 3.34. The Morgan fingerprint density at radius 3 is 2.50 bits per heavy atom. The number of anilines is 1. The lowest BCUT2D eigenvalue weighted by Gasteiger charge is -2.18. The molecule has 1 fully saturated rings. The Labute approximate surface area is 97.3 Å². The monoisotopic (exact) mass is 220 g/mol. The second-order valence-electron chi connectivity index (χ2n) is 4.69. The number of rotatable bonds is 3. The molecule has 3 heteroatoms. The summed E-state index contributed by atoms with van der Waals surface area (Å²) in [5.74, 6) is 0.415. The molecule has 1 aromatic rings. The SMILES string of the molecule is CN(C)c1ccc(CN2CCCC2)c(O)c1. The molecule has 0 spiro atoms. The first-order chi connectivity index (χ1) is 7.66. The van der Waals surface area contributed by atoms with Crippen LogP contribution in [0.15, 0.2) is 18.2 Å². The fraction of sp³-hybridized carbons (Fsp3) is 0.538. The summed E-state index contributed by atoms with van der Waals surface area (Å²) in [5.41, 5.74) is 2.08. The molecular weight excluding hydrogens is 200 g/mol. The molecule has 0 bridgehead atoms. The molecule has 0 saturated carbocycles. The number of benzene rings is 1. The predicted molar refractivity (Wildman–Crippen MR) is 66.9 cm³/mol. The van der Waals surface area contributed by atoms with E-state index in [1.807, 2.05) is 31.1 Å². The van der Waals surface area contributed by atoms with E-state index in [0.717, 1.165) is 30.9 Å². The summed E-state index contributed by atoms with van der Waals surface area (Å²) in [6.07, 6.45) is 2.58. The average Bonchev–Trinajstić information content (AvgIpc) is 2.73. The number of hydrogen-bond donors (Lipinski definition) is 1. The number of phenols is 1. The van der Waals surface area contributed by atoms with E-state index >= 15 is 0 Å². The third-order valence-electron chi connectivity index (χ3n) is 3.18. The Balaban J connectivity index is 2.09. The minimum absolute atomic E-state index is 0.415. The highest BCUT2D eigenvalue weighted by Gasteiger charge is 2.13. The quantitative estimate of drug-likeness (QED) is 0.844. The molecule has 0 amide bonds. The first-order valence-corrected chi connectivity index (χ1v) is 5.88. The van der Waals surface area contributed by atoms with Gasteiger partial charge < -0.3 is 10.0 Å².